The van der Waals surface area contributed by atoms with Crippen molar-refractivity contribution in [1.82, 2.24) is 10.3 Å². The Morgan fingerprint density at radius 3 is 2.72 bits per heavy atom. The van der Waals surface area contributed by atoms with Crippen LogP contribution < -0.4 is 5.32 Å². The number of nitrogens with zero attached hydrogens (tertiary/aromatic N) is 2. The third kappa shape index (κ3) is 4.42. The fraction of sp³-hybridized carbons (Fsp3) is 0.448. The minimum atomic E-state index is -1.28. The summed E-state index contributed by atoms with van der Waals surface area (Å²) in [5.74, 6) is -0.896. The minimum Gasteiger partial charge on any atom is -0.461 e. The van der Waals surface area contributed by atoms with Crippen molar-refractivity contribution in [3.8, 4) is 17.2 Å². The molecule has 36 heavy (non-hydrogen) atoms. The molecule has 1 aromatic heterocycles. The number of aromatic nitrogens is 1. The van der Waals surface area contributed by atoms with E-state index in [1.807, 2.05) is 43.3 Å². The van der Waals surface area contributed by atoms with Gasteiger partial charge in [-0.15, -0.1) is 0 Å². The number of benzene rings is 1. The molecule has 2 aromatic rings. The molecule has 7 heteroatoms. The van der Waals surface area contributed by atoms with Crippen LogP contribution in [-0.4, -0.2) is 40.7 Å². The fourth-order valence-corrected chi connectivity index (χ4v) is 5.88. The Bertz CT molecular complexity index is 1200. The van der Waals surface area contributed by atoms with Gasteiger partial charge in [-0.2, -0.15) is 5.26 Å². The summed E-state index contributed by atoms with van der Waals surface area (Å²) in [6.07, 6.45) is 5.76. The molecule has 0 bridgehead atoms. The molecule has 0 spiro atoms. The average Bonchev–Trinajstić information content (AvgIpc) is 3.14. The van der Waals surface area contributed by atoms with Crippen LogP contribution in [0.15, 0.2) is 48.7 Å². The topological polar surface area (TPSA) is 112 Å². The number of esters is 1. The van der Waals surface area contributed by atoms with E-state index >= 15 is 0 Å². The zero-order valence-corrected chi connectivity index (χ0v) is 21.1. The summed E-state index contributed by atoms with van der Waals surface area (Å²) in [4.78, 5) is 31.2. The van der Waals surface area contributed by atoms with Crippen LogP contribution in [0.25, 0.3) is 17.2 Å². The fourth-order valence-electron chi connectivity index (χ4n) is 5.88. The second-order valence-corrected chi connectivity index (χ2v) is 10.3. The number of amides is 1. The van der Waals surface area contributed by atoms with E-state index in [0.717, 1.165) is 16.8 Å². The molecule has 1 saturated heterocycles. The lowest BCUT2D eigenvalue weighted by molar-refractivity contribution is -0.157. The van der Waals surface area contributed by atoms with Crippen molar-refractivity contribution in [3.63, 3.8) is 0 Å². The number of hydrogen-bond donors (Lipinski definition) is 2. The van der Waals surface area contributed by atoms with Crippen molar-refractivity contribution in [1.29, 1.82) is 5.26 Å². The zero-order chi connectivity index (χ0) is 26.0. The van der Waals surface area contributed by atoms with Gasteiger partial charge in [-0.05, 0) is 56.2 Å². The van der Waals surface area contributed by atoms with Crippen LogP contribution in [0.5, 0.6) is 0 Å². The first-order valence-electron chi connectivity index (χ1n) is 12.5. The first-order valence-corrected chi connectivity index (χ1v) is 12.5. The van der Waals surface area contributed by atoms with Crippen LogP contribution in [0, 0.1) is 40.4 Å². The molecule has 1 aliphatic carbocycles. The van der Waals surface area contributed by atoms with Gasteiger partial charge in [0.2, 0.25) is 5.91 Å². The smallest absolute Gasteiger partial charge is 0.322 e. The molecule has 2 fully saturated rings. The first kappa shape index (κ1) is 25.6. The molecule has 2 N–H and O–H groups in total. The standard InChI is InChI=1S/C29H33N3O4/c1-17-13-29(27(34)32-18(2)16-33)26(20(4)36-28(29)35)24(19(17)3)12-11-23-10-9-22(15-31-23)25-8-6-5-7-21(25)14-30/h5-12,15,17-20,24,26,33H,13,16H2,1-4H3,(H,32,34)/b12-11+/t17?,18-,19?,20-,24?,26?,29-/m1/s1. The lowest BCUT2D eigenvalue weighted by Gasteiger charge is -2.46. The molecule has 2 aliphatic rings. The van der Waals surface area contributed by atoms with Gasteiger partial charge in [-0.1, -0.05) is 44.2 Å². The van der Waals surface area contributed by atoms with Gasteiger partial charge in [0.05, 0.1) is 23.9 Å². The maximum Gasteiger partial charge on any atom is 0.322 e. The quantitative estimate of drug-likeness (QED) is 0.471. The van der Waals surface area contributed by atoms with E-state index in [0.29, 0.717) is 12.0 Å². The monoisotopic (exact) mass is 487 g/mol. The maximum atomic E-state index is 13.4. The van der Waals surface area contributed by atoms with E-state index < -0.39 is 23.5 Å². The molecule has 1 aromatic carbocycles. The number of rotatable bonds is 6. The Morgan fingerprint density at radius 1 is 1.31 bits per heavy atom. The van der Waals surface area contributed by atoms with E-state index in [1.54, 1.807) is 19.2 Å². The van der Waals surface area contributed by atoms with Crippen molar-refractivity contribution in [3.05, 3.63) is 59.9 Å². The molecule has 7 atom stereocenters. The van der Waals surface area contributed by atoms with Crippen LogP contribution in [0.4, 0.5) is 0 Å². The normalized spacial score (nSPS) is 30.3. The van der Waals surface area contributed by atoms with Gasteiger partial charge >= 0.3 is 5.97 Å². The van der Waals surface area contributed by atoms with Gasteiger partial charge in [-0.25, -0.2) is 0 Å². The van der Waals surface area contributed by atoms with Crippen LogP contribution in [0.1, 0.15) is 45.4 Å². The highest BCUT2D eigenvalue weighted by molar-refractivity contribution is 6.04. The number of hydrogen-bond acceptors (Lipinski definition) is 6. The summed E-state index contributed by atoms with van der Waals surface area (Å²) in [5, 5.41) is 21.7. The van der Waals surface area contributed by atoms with Crippen LogP contribution >= 0.6 is 0 Å². The lowest BCUT2D eigenvalue weighted by atomic mass is 9.54. The van der Waals surface area contributed by atoms with Crippen LogP contribution in [0.2, 0.25) is 0 Å². The molecule has 4 unspecified atom stereocenters. The number of carbonyl (C=O) groups excluding carboxylic acids is 2. The Hall–Kier alpha value is -3.50. The maximum absolute atomic E-state index is 13.4. The molecule has 7 nitrogen and oxygen atoms in total. The summed E-state index contributed by atoms with van der Waals surface area (Å²) in [6, 6.07) is 13.0. The summed E-state index contributed by atoms with van der Waals surface area (Å²) in [5.41, 5.74) is 1.77. The van der Waals surface area contributed by atoms with Crippen LogP contribution in [-0.2, 0) is 14.3 Å². The number of aliphatic hydroxyl groups is 1. The van der Waals surface area contributed by atoms with Gasteiger partial charge in [-0.3, -0.25) is 14.6 Å². The van der Waals surface area contributed by atoms with Gasteiger partial charge in [0, 0.05) is 29.3 Å². The highest BCUT2D eigenvalue weighted by atomic mass is 16.6. The summed E-state index contributed by atoms with van der Waals surface area (Å²) < 4.78 is 5.68. The predicted molar refractivity (Wildman–Crippen MR) is 136 cm³/mol. The van der Waals surface area contributed by atoms with Crippen molar-refractivity contribution in [2.75, 3.05) is 6.61 Å². The highest BCUT2D eigenvalue weighted by Crippen LogP contribution is 2.56. The first-order chi connectivity index (χ1) is 17.2. The minimum absolute atomic E-state index is 0.0776. The van der Waals surface area contributed by atoms with E-state index in [-0.39, 0.29) is 36.2 Å². The largest absolute Gasteiger partial charge is 0.461 e. The zero-order valence-electron chi connectivity index (χ0n) is 21.1. The molecule has 1 amide bonds. The lowest BCUT2D eigenvalue weighted by Crippen LogP contribution is -2.57. The van der Waals surface area contributed by atoms with Crippen molar-refractivity contribution < 1.29 is 19.4 Å². The number of nitriles is 1. The molecule has 0 radical (unpaired) electrons. The second-order valence-electron chi connectivity index (χ2n) is 10.3. The number of cyclic esters (lactones) is 1. The van der Waals surface area contributed by atoms with Gasteiger partial charge < -0.3 is 15.2 Å². The number of nitrogens with one attached hydrogen (secondary N) is 1. The molecular formula is C29H33N3O4. The third-order valence-electron chi connectivity index (χ3n) is 7.99. The van der Waals surface area contributed by atoms with Gasteiger partial charge in [0.25, 0.3) is 0 Å². The Labute approximate surface area is 212 Å². The third-order valence-corrected chi connectivity index (χ3v) is 7.99. The SMILES string of the molecule is CC1C[C@@]2(C(=O)N[C@H](C)CO)C(=O)O[C@H](C)C2C(/C=C/c2ccc(-c3ccccc3C#N)cn2)C1C. The molecule has 2 heterocycles. The second kappa shape index (κ2) is 10.2. The highest BCUT2D eigenvalue weighted by Gasteiger charge is 2.66. The van der Waals surface area contributed by atoms with Crippen LogP contribution in [0.3, 0.4) is 0 Å². The molecule has 1 saturated carbocycles. The predicted octanol–water partition coefficient (Wildman–Crippen LogP) is 3.97. The summed E-state index contributed by atoms with van der Waals surface area (Å²) in [6.45, 7) is 7.60. The molecule has 188 valence electrons. The molecule has 1 aliphatic heterocycles. The Morgan fingerprint density at radius 2 is 2.06 bits per heavy atom. The number of pyridine rings is 1. The van der Waals surface area contributed by atoms with E-state index in [4.69, 9.17) is 4.74 Å². The Balaban J connectivity index is 1.64. The van der Waals surface area contributed by atoms with Crippen molar-refractivity contribution in [2.45, 2.75) is 46.3 Å². The van der Waals surface area contributed by atoms with E-state index in [9.17, 15) is 20.0 Å². The number of carbonyl (C=O) groups is 2. The summed E-state index contributed by atoms with van der Waals surface area (Å²) >= 11 is 0. The van der Waals surface area contributed by atoms with Gasteiger partial charge in [0.15, 0.2) is 5.41 Å². The van der Waals surface area contributed by atoms with E-state index in [1.165, 1.54) is 0 Å². The van der Waals surface area contributed by atoms with Crippen molar-refractivity contribution in [2.24, 2.45) is 29.1 Å². The Kier molecular flexibility index (Phi) is 7.28. The number of fused-ring (bicyclic) bond motifs is 1. The number of allylic oxidation sites excluding steroid dienone is 1. The van der Waals surface area contributed by atoms with Crippen molar-refractivity contribution >= 4 is 18.0 Å². The number of aliphatic hydroxyl groups excluding tert-OH is 1. The van der Waals surface area contributed by atoms with Gasteiger partial charge in [0.1, 0.15) is 6.10 Å². The average molecular weight is 488 g/mol. The molecule has 4 rings (SSSR count). The summed E-state index contributed by atoms with van der Waals surface area (Å²) in [7, 11) is 0. The van der Waals surface area contributed by atoms with E-state index in [2.05, 4.69) is 36.3 Å². The molecular weight excluding hydrogens is 454 g/mol. The number of ether oxygens (including phenoxy) is 1.